The molecule has 1 heterocycles. The number of nitrogens with zero attached hydrogens (tertiary/aromatic N) is 3. The number of hydrogen-bond acceptors (Lipinski definition) is 5. The second-order valence-electron chi connectivity index (χ2n) is 5.53. The van der Waals surface area contributed by atoms with Crippen LogP contribution in [-0.4, -0.2) is 67.6 Å². The van der Waals surface area contributed by atoms with E-state index >= 15 is 0 Å². The highest BCUT2D eigenvalue weighted by Gasteiger charge is 2.13. The monoisotopic (exact) mass is 292 g/mol. The average molecular weight is 292 g/mol. The van der Waals surface area contributed by atoms with Crippen LogP contribution >= 0.6 is 0 Å². The van der Waals surface area contributed by atoms with Crippen LogP contribution in [0.1, 0.15) is 5.56 Å². The topological polar surface area (TPSA) is 61.6 Å². The van der Waals surface area contributed by atoms with Gasteiger partial charge < -0.3 is 10.2 Å². The number of para-hydroxylation sites is 1. The molecule has 0 saturated carbocycles. The van der Waals surface area contributed by atoms with Crippen LogP contribution in [0.4, 0.5) is 5.69 Å². The van der Waals surface area contributed by atoms with Crippen LogP contribution in [0.15, 0.2) is 24.3 Å². The number of nitro benzene ring substituents is 1. The zero-order chi connectivity index (χ0) is 15.1. The molecule has 0 bridgehead atoms. The predicted octanol–water partition coefficient (Wildman–Crippen LogP) is 0.974. The molecular formula is C15H24N4O2. The summed E-state index contributed by atoms with van der Waals surface area (Å²) in [4.78, 5) is 15.4. The first-order valence-electron chi connectivity index (χ1n) is 7.51. The number of piperazine rings is 1. The van der Waals surface area contributed by atoms with E-state index in [1.54, 1.807) is 12.1 Å². The summed E-state index contributed by atoms with van der Waals surface area (Å²) in [7, 11) is 2.08. The lowest BCUT2D eigenvalue weighted by Gasteiger charge is -2.29. The third-order valence-corrected chi connectivity index (χ3v) is 3.96. The van der Waals surface area contributed by atoms with E-state index in [2.05, 4.69) is 22.2 Å². The highest BCUT2D eigenvalue weighted by molar-refractivity contribution is 5.39. The third kappa shape index (κ3) is 5.08. The molecule has 0 atom stereocenters. The molecule has 1 aromatic carbocycles. The van der Waals surface area contributed by atoms with Gasteiger partial charge in [0.15, 0.2) is 0 Å². The maximum absolute atomic E-state index is 11.0. The minimum atomic E-state index is -0.296. The maximum atomic E-state index is 11.0. The number of hydrogen-bond donors (Lipinski definition) is 1. The van der Waals surface area contributed by atoms with Crippen molar-refractivity contribution in [2.75, 3.05) is 52.9 Å². The summed E-state index contributed by atoms with van der Waals surface area (Å²) in [5.41, 5.74) is 1.05. The van der Waals surface area contributed by atoms with Crippen LogP contribution in [0.3, 0.4) is 0 Å². The van der Waals surface area contributed by atoms with Gasteiger partial charge in [0.05, 0.1) is 4.92 Å². The molecule has 1 N–H and O–H groups in total. The summed E-state index contributed by atoms with van der Waals surface area (Å²) in [5.74, 6) is 0. The van der Waals surface area contributed by atoms with Gasteiger partial charge in [0.1, 0.15) is 0 Å². The van der Waals surface area contributed by atoms with E-state index in [0.717, 1.165) is 57.8 Å². The van der Waals surface area contributed by atoms with Gasteiger partial charge in [-0.1, -0.05) is 18.2 Å². The maximum Gasteiger partial charge on any atom is 0.272 e. The van der Waals surface area contributed by atoms with Gasteiger partial charge in [0.25, 0.3) is 5.69 Å². The molecule has 0 unspecified atom stereocenters. The van der Waals surface area contributed by atoms with Crippen molar-refractivity contribution in [1.82, 2.24) is 15.1 Å². The van der Waals surface area contributed by atoms with E-state index in [1.807, 2.05) is 12.1 Å². The van der Waals surface area contributed by atoms with E-state index in [0.29, 0.717) is 0 Å². The molecule has 2 rings (SSSR count). The Balaban J connectivity index is 1.75. The quantitative estimate of drug-likeness (QED) is 0.599. The van der Waals surface area contributed by atoms with Crippen molar-refractivity contribution < 1.29 is 4.92 Å². The average Bonchev–Trinajstić information content (AvgIpc) is 2.52. The van der Waals surface area contributed by atoms with Crippen molar-refractivity contribution in [3.63, 3.8) is 0 Å². The van der Waals surface area contributed by atoms with E-state index in [9.17, 15) is 10.1 Å². The first-order chi connectivity index (χ1) is 10.2. The van der Waals surface area contributed by atoms with Crippen molar-refractivity contribution in [3.8, 4) is 0 Å². The molecule has 0 spiro atoms. The first-order valence-corrected chi connectivity index (χ1v) is 7.51. The third-order valence-electron chi connectivity index (χ3n) is 3.96. The Morgan fingerprint density at radius 3 is 2.71 bits per heavy atom. The van der Waals surface area contributed by atoms with Crippen LogP contribution in [-0.2, 0) is 6.42 Å². The van der Waals surface area contributed by atoms with Gasteiger partial charge in [-0.2, -0.15) is 0 Å². The summed E-state index contributed by atoms with van der Waals surface area (Å²) < 4.78 is 0. The van der Waals surface area contributed by atoms with Crippen molar-refractivity contribution >= 4 is 5.69 Å². The summed E-state index contributed by atoms with van der Waals surface area (Å²) in [5, 5.41) is 14.3. The van der Waals surface area contributed by atoms with Gasteiger partial charge in [0, 0.05) is 57.4 Å². The Labute approximate surface area is 125 Å². The molecule has 0 radical (unpaired) electrons. The van der Waals surface area contributed by atoms with Gasteiger partial charge in [0.2, 0.25) is 0 Å². The van der Waals surface area contributed by atoms with Gasteiger partial charge >= 0.3 is 0 Å². The van der Waals surface area contributed by atoms with Gasteiger partial charge in [-0.25, -0.2) is 0 Å². The van der Waals surface area contributed by atoms with Crippen molar-refractivity contribution in [2.45, 2.75) is 6.42 Å². The number of nitrogens with one attached hydrogen (secondary N) is 1. The van der Waals surface area contributed by atoms with Crippen LogP contribution in [0, 0.1) is 10.1 Å². The van der Waals surface area contributed by atoms with Gasteiger partial charge in [-0.15, -0.1) is 0 Å². The first kappa shape index (κ1) is 15.9. The largest absolute Gasteiger partial charge is 0.314 e. The Hall–Kier alpha value is -1.50. The molecule has 1 fully saturated rings. The zero-order valence-electron chi connectivity index (χ0n) is 12.6. The second-order valence-corrected chi connectivity index (χ2v) is 5.53. The fraction of sp³-hybridized carbons (Fsp3) is 0.600. The minimum Gasteiger partial charge on any atom is -0.314 e. The lowest BCUT2D eigenvalue weighted by molar-refractivity contribution is -0.385. The molecule has 1 aromatic rings. The molecule has 0 amide bonds. The summed E-state index contributed by atoms with van der Waals surface area (Å²) in [6.07, 6.45) is 0.717. The van der Waals surface area contributed by atoms with Crippen LogP contribution in [0.5, 0.6) is 0 Å². The van der Waals surface area contributed by atoms with Crippen molar-refractivity contribution in [3.05, 3.63) is 39.9 Å². The molecule has 1 aliphatic rings. The molecule has 0 aliphatic carbocycles. The Morgan fingerprint density at radius 2 is 2.00 bits per heavy atom. The van der Waals surface area contributed by atoms with Crippen LogP contribution < -0.4 is 5.32 Å². The molecule has 1 saturated heterocycles. The Morgan fingerprint density at radius 1 is 1.29 bits per heavy atom. The van der Waals surface area contributed by atoms with Crippen molar-refractivity contribution in [1.29, 1.82) is 0 Å². The summed E-state index contributed by atoms with van der Waals surface area (Å²) >= 11 is 0. The molecule has 6 heteroatoms. The van der Waals surface area contributed by atoms with Crippen LogP contribution in [0.2, 0.25) is 0 Å². The van der Waals surface area contributed by atoms with E-state index in [1.165, 1.54) is 0 Å². The highest BCUT2D eigenvalue weighted by atomic mass is 16.6. The van der Waals surface area contributed by atoms with E-state index < -0.39 is 0 Å². The number of benzene rings is 1. The number of rotatable bonds is 7. The fourth-order valence-electron chi connectivity index (χ4n) is 2.57. The van der Waals surface area contributed by atoms with Crippen molar-refractivity contribution in [2.24, 2.45) is 0 Å². The molecular weight excluding hydrogens is 268 g/mol. The van der Waals surface area contributed by atoms with Crippen LogP contribution in [0.25, 0.3) is 0 Å². The van der Waals surface area contributed by atoms with E-state index in [-0.39, 0.29) is 10.6 Å². The normalized spacial score (nSPS) is 16.3. The highest BCUT2D eigenvalue weighted by Crippen LogP contribution is 2.18. The zero-order valence-corrected chi connectivity index (χ0v) is 12.6. The number of nitro groups is 1. The van der Waals surface area contributed by atoms with Gasteiger partial charge in [-0.05, 0) is 13.5 Å². The predicted molar refractivity (Wildman–Crippen MR) is 83.6 cm³/mol. The SMILES string of the molecule is CN(CCc1ccccc1[N+](=O)[O-])CCN1CCNCC1. The smallest absolute Gasteiger partial charge is 0.272 e. The van der Waals surface area contributed by atoms with E-state index in [4.69, 9.17) is 0 Å². The fourth-order valence-corrected chi connectivity index (χ4v) is 2.57. The summed E-state index contributed by atoms with van der Waals surface area (Å²) in [6, 6.07) is 7.01. The molecule has 21 heavy (non-hydrogen) atoms. The van der Waals surface area contributed by atoms with Gasteiger partial charge in [-0.3, -0.25) is 15.0 Å². The summed E-state index contributed by atoms with van der Waals surface area (Å²) in [6.45, 7) is 7.27. The Kier molecular flexibility index (Phi) is 6.10. The lowest BCUT2D eigenvalue weighted by Crippen LogP contribution is -2.46. The lowest BCUT2D eigenvalue weighted by atomic mass is 10.1. The number of likely N-dealkylation sites (N-methyl/N-ethyl adjacent to an activating group) is 1. The molecule has 0 aromatic heterocycles. The molecule has 116 valence electrons. The minimum absolute atomic E-state index is 0.230. The second kappa shape index (κ2) is 8.07. The standard InChI is InChI=1S/C15H24N4O2/c1-17(12-13-18-10-7-16-8-11-18)9-6-14-4-2-3-5-15(14)19(20)21/h2-5,16H,6-13H2,1H3. The molecule has 1 aliphatic heterocycles. The Bertz CT molecular complexity index is 461. The molecule has 6 nitrogen and oxygen atoms in total.